The van der Waals surface area contributed by atoms with Gasteiger partial charge in [0.05, 0.1) is 10.9 Å². The summed E-state index contributed by atoms with van der Waals surface area (Å²) in [7, 11) is 0. The van der Waals surface area contributed by atoms with Crippen molar-refractivity contribution in [3.05, 3.63) is 34.9 Å². The van der Waals surface area contributed by atoms with Crippen molar-refractivity contribution in [3.63, 3.8) is 0 Å². The monoisotopic (exact) mass is 396 g/mol. The van der Waals surface area contributed by atoms with Crippen molar-refractivity contribution >= 4 is 41.1 Å². The summed E-state index contributed by atoms with van der Waals surface area (Å²) in [6.45, 7) is 3.42. The highest BCUT2D eigenvalue weighted by Gasteiger charge is 2.53. The number of amides is 2. The number of hydrogen-bond donors (Lipinski definition) is 1. The summed E-state index contributed by atoms with van der Waals surface area (Å²) in [4.78, 5) is 37.8. The summed E-state index contributed by atoms with van der Waals surface area (Å²) in [5, 5.41) is 3.36. The number of hydrogen-bond acceptors (Lipinski definition) is 5. The molecule has 2 saturated heterocycles. The van der Waals surface area contributed by atoms with Crippen LogP contribution in [0.2, 0.25) is 5.02 Å². The van der Waals surface area contributed by atoms with Crippen molar-refractivity contribution < 1.29 is 19.1 Å². The van der Waals surface area contributed by atoms with Crippen LogP contribution in [0.15, 0.2) is 24.3 Å². The molecule has 0 unspecified atom stereocenters. The second kappa shape index (κ2) is 7.48. The van der Waals surface area contributed by atoms with E-state index in [1.165, 1.54) is 0 Å². The van der Waals surface area contributed by atoms with E-state index in [2.05, 4.69) is 5.32 Å². The van der Waals surface area contributed by atoms with Crippen LogP contribution in [0.25, 0.3) is 0 Å². The van der Waals surface area contributed by atoms with Crippen LogP contribution in [-0.2, 0) is 19.1 Å². The van der Waals surface area contributed by atoms with Gasteiger partial charge in [-0.2, -0.15) is 0 Å². The van der Waals surface area contributed by atoms with Gasteiger partial charge in [-0.1, -0.05) is 23.7 Å². The van der Waals surface area contributed by atoms with E-state index in [9.17, 15) is 14.4 Å². The molecule has 0 saturated carbocycles. The molecule has 8 heteroatoms. The number of thioether (sulfide) groups is 1. The standard InChI is InChI=1S/C18H21ClN2O4S/c1-11(12-4-3-5-13(19)8-12)20-15(22)9-25-17(24)14-10-26-18(2)7-6-16(23)21(14)18/h3-5,8,11,14H,6-7,9-10H2,1-2H3,(H,20,22)/t11-,14+,18-/m0/s1. The van der Waals surface area contributed by atoms with Crippen LogP contribution in [0.4, 0.5) is 0 Å². The molecule has 0 radical (unpaired) electrons. The fraction of sp³-hybridized carbons (Fsp3) is 0.500. The predicted octanol–water partition coefficient (Wildman–Crippen LogP) is 2.51. The third-order valence-corrected chi connectivity index (χ3v) is 6.53. The summed E-state index contributed by atoms with van der Waals surface area (Å²) < 4.78 is 5.17. The van der Waals surface area contributed by atoms with E-state index in [1.54, 1.807) is 28.8 Å². The molecular weight excluding hydrogens is 376 g/mol. The van der Waals surface area contributed by atoms with Gasteiger partial charge >= 0.3 is 5.97 Å². The highest BCUT2D eigenvalue weighted by atomic mass is 35.5. The average molecular weight is 397 g/mol. The minimum atomic E-state index is -0.613. The maximum atomic E-state index is 12.4. The fourth-order valence-electron chi connectivity index (χ4n) is 3.37. The molecule has 26 heavy (non-hydrogen) atoms. The second-order valence-electron chi connectivity index (χ2n) is 6.72. The summed E-state index contributed by atoms with van der Waals surface area (Å²) in [5.74, 6) is -0.450. The molecule has 140 valence electrons. The molecule has 0 spiro atoms. The lowest BCUT2D eigenvalue weighted by atomic mass is 10.1. The summed E-state index contributed by atoms with van der Waals surface area (Å²) >= 11 is 7.54. The van der Waals surface area contributed by atoms with Gasteiger partial charge in [-0.15, -0.1) is 11.8 Å². The van der Waals surface area contributed by atoms with Crippen molar-refractivity contribution in [2.75, 3.05) is 12.4 Å². The van der Waals surface area contributed by atoms with Gasteiger partial charge in [-0.05, 0) is 38.0 Å². The quantitative estimate of drug-likeness (QED) is 0.774. The van der Waals surface area contributed by atoms with Gasteiger partial charge in [0.25, 0.3) is 5.91 Å². The lowest BCUT2D eigenvalue weighted by molar-refractivity contribution is -0.156. The van der Waals surface area contributed by atoms with E-state index in [4.69, 9.17) is 16.3 Å². The Morgan fingerprint density at radius 2 is 2.27 bits per heavy atom. The fourth-order valence-corrected chi connectivity index (χ4v) is 4.99. The summed E-state index contributed by atoms with van der Waals surface area (Å²) in [6, 6.07) is 6.33. The van der Waals surface area contributed by atoms with Crippen LogP contribution in [0.3, 0.4) is 0 Å². The van der Waals surface area contributed by atoms with Gasteiger partial charge in [0, 0.05) is 17.2 Å². The smallest absolute Gasteiger partial charge is 0.330 e. The molecule has 6 nitrogen and oxygen atoms in total. The number of halogens is 1. The number of rotatable bonds is 5. The van der Waals surface area contributed by atoms with E-state index in [0.717, 1.165) is 12.0 Å². The van der Waals surface area contributed by atoms with Gasteiger partial charge in [0.2, 0.25) is 5.91 Å². The summed E-state index contributed by atoms with van der Waals surface area (Å²) in [5.41, 5.74) is 0.864. The molecule has 2 aliphatic heterocycles. The number of nitrogens with one attached hydrogen (secondary N) is 1. The van der Waals surface area contributed by atoms with Crippen LogP contribution in [0.5, 0.6) is 0 Å². The molecule has 0 aliphatic carbocycles. The second-order valence-corrected chi connectivity index (χ2v) is 8.66. The van der Waals surface area contributed by atoms with E-state index in [-0.39, 0.29) is 23.4 Å². The number of fused-ring (bicyclic) bond motifs is 1. The lowest BCUT2D eigenvalue weighted by Gasteiger charge is -2.29. The number of carbonyl (C=O) groups is 3. The van der Waals surface area contributed by atoms with Crippen LogP contribution in [0, 0.1) is 0 Å². The van der Waals surface area contributed by atoms with E-state index < -0.39 is 17.9 Å². The normalized spacial score (nSPS) is 25.7. The molecule has 1 aromatic carbocycles. The van der Waals surface area contributed by atoms with E-state index in [1.807, 2.05) is 26.0 Å². The minimum Gasteiger partial charge on any atom is -0.454 e. The largest absolute Gasteiger partial charge is 0.454 e. The van der Waals surface area contributed by atoms with Gasteiger partial charge in [0.15, 0.2) is 6.61 Å². The predicted molar refractivity (Wildman–Crippen MR) is 99.7 cm³/mol. The Hall–Kier alpha value is -1.73. The molecule has 3 rings (SSSR count). The number of ether oxygens (including phenoxy) is 1. The third kappa shape index (κ3) is 3.83. The Morgan fingerprint density at radius 1 is 1.50 bits per heavy atom. The van der Waals surface area contributed by atoms with Crippen LogP contribution in [-0.4, -0.2) is 46.0 Å². The van der Waals surface area contributed by atoms with Crippen LogP contribution >= 0.6 is 23.4 Å². The maximum absolute atomic E-state index is 12.4. The first-order chi connectivity index (χ1) is 12.3. The Balaban J connectivity index is 1.51. The Kier molecular flexibility index (Phi) is 5.48. The molecule has 2 heterocycles. The molecule has 1 N–H and O–H groups in total. The molecule has 2 amide bonds. The van der Waals surface area contributed by atoms with Gasteiger partial charge < -0.3 is 15.0 Å². The van der Waals surface area contributed by atoms with Gasteiger partial charge in [-0.25, -0.2) is 4.79 Å². The first kappa shape index (κ1) is 19.0. The Bertz CT molecular complexity index is 744. The number of nitrogens with zero attached hydrogens (tertiary/aromatic N) is 1. The summed E-state index contributed by atoms with van der Waals surface area (Å²) in [6.07, 6.45) is 1.18. The first-order valence-electron chi connectivity index (χ1n) is 8.48. The van der Waals surface area contributed by atoms with Crippen molar-refractivity contribution in [1.29, 1.82) is 0 Å². The Morgan fingerprint density at radius 3 is 3.00 bits per heavy atom. The minimum absolute atomic E-state index is 0.0292. The van der Waals surface area contributed by atoms with Crippen LogP contribution in [0.1, 0.15) is 38.3 Å². The first-order valence-corrected chi connectivity index (χ1v) is 9.84. The molecule has 0 bridgehead atoms. The zero-order valence-corrected chi connectivity index (χ0v) is 16.2. The molecule has 0 aromatic heterocycles. The molecule has 2 aliphatic rings. The van der Waals surface area contributed by atoms with Crippen molar-refractivity contribution in [3.8, 4) is 0 Å². The zero-order chi connectivity index (χ0) is 18.9. The lowest BCUT2D eigenvalue weighted by Crippen LogP contribution is -2.47. The highest BCUT2D eigenvalue weighted by Crippen LogP contribution is 2.47. The van der Waals surface area contributed by atoms with Crippen molar-refractivity contribution in [1.82, 2.24) is 10.2 Å². The van der Waals surface area contributed by atoms with E-state index >= 15 is 0 Å². The third-order valence-electron chi connectivity index (χ3n) is 4.79. The molecule has 2 fully saturated rings. The Labute approximate surface area is 161 Å². The number of esters is 1. The number of benzene rings is 1. The topological polar surface area (TPSA) is 75.7 Å². The average Bonchev–Trinajstić information content (AvgIpc) is 3.09. The van der Waals surface area contributed by atoms with Crippen LogP contribution < -0.4 is 5.32 Å². The molecule has 1 aromatic rings. The highest BCUT2D eigenvalue weighted by molar-refractivity contribution is 8.01. The molecule has 3 atom stereocenters. The SMILES string of the molecule is C[C@H](NC(=O)COC(=O)[C@H]1CS[C@@]2(C)CCC(=O)N12)c1cccc(Cl)c1. The molecular formula is C18H21ClN2O4S. The van der Waals surface area contributed by atoms with E-state index in [0.29, 0.717) is 17.2 Å². The number of carbonyl (C=O) groups excluding carboxylic acids is 3. The van der Waals surface area contributed by atoms with Gasteiger partial charge in [0.1, 0.15) is 6.04 Å². The maximum Gasteiger partial charge on any atom is 0.330 e. The zero-order valence-electron chi connectivity index (χ0n) is 14.7. The van der Waals surface area contributed by atoms with Crippen molar-refractivity contribution in [2.45, 2.75) is 43.6 Å². The van der Waals surface area contributed by atoms with Gasteiger partial charge in [-0.3, -0.25) is 9.59 Å². The van der Waals surface area contributed by atoms with Crippen molar-refractivity contribution in [2.24, 2.45) is 0 Å².